The summed E-state index contributed by atoms with van der Waals surface area (Å²) in [6.45, 7) is 10.7. The van der Waals surface area contributed by atoms with Gasteiger partial charge in [-0.25, -0.2) is 8.42 Å². The van der Waals surface area contributed by atoms with E-state index in [1.807, 2.05) is 26.0 Å². The summed E-state index contributed by atoms with van der Waals surface area (Å²) in [6.07, 6.45) is 0. The Labute approximate surface area is 151 Å². The lowest BCUT2D eigenvalue weighted by Gasteiger charge is -2.31. The summed E-state index contributed by atoms with van der Waals surface area (Å²) in [5.74, 6) is 0.432. The molecule has 1 saturated heterocycles. The van der Waals surface area contributed by atoms with Crippen LogP contribution in [0.1, 0.15) is 26.3 Å². The Kier molecular flexibility index (Phi) is 6.59. The SMILES string of the molecule is Cc1ccc(S(=O)(=O)N2CC[NH+](CC(=O)N[C@H](C)C(C)C)CC2)cc1. The van der Waals surface area contributed by atoms with E-state index in [1.165, 1.54) is 4.31 Å². The van der Waals surface area contributed by atoms with Crippen LogP contribution in [0.25, 0.3) is 0 Å². The fourth-order valence-electron chi connectivity index (χ4n) is 2.78. The second-order valence-corrected chi connectivity index (χ2v) is 9.18. The number of sulfonamides is 1. The van der Waals surface area contributed by atoms with E-state index in [0.717, 1.165) is 10.5 Å². The predicted molar refractivity (Wildman–Crippen MR) is 97.9 cm³/mol. The Morgan fingerprint density at radius 1 is 1.16 bits per heavy atom. The van der Waals surface area contributed by atoms with E-state index < -0.39 is 10.0 Å². The third-order valence-electron chi connectivity index (χ3n) is 4.89. The predicted octanol–water partition coefficient (Wildman–Crippen LogP) is 0.0449. The number of piperazine rings is 1. The number of nitrogens with one attached hydrogen (secondary N) is 2. The van der Waals surface area contributed by atoms with Crippen LogP contribution in [0.3, 0.4) is 0 Å². The number of carbonyl (C=O) groups is 1. The van der Waals surface area contributed by atoms with Gasteiger partial charge in [0.25, 0.3) is 5.91 Å². The van der Waals surface area contributed by atoms with Crippen molar-refractivity contribution in [2.45, 2.75) is 38.6 Å². The molecule has 25 heavy (non-hydrogen) atoms. The second kappa shape index (κ2) is 8.29. The minimum Gasteiger partial charge on any atom is -0.348 e. The maximum Gasteiger partial charge on any atom is 0.275 e. The van der Waals surface area contributed by atoms with Crippen LogP contribution in [0.5, 0.6) is 0 Å². The summed E-state index contributed by atoms with van der Waals surface area (Å²) in [7, 11) is -3.44. The molecule has 0 spiro atoms. The average Bonchev–Trinajstić information content (AvgIpc) is 2.55. The van der Waals surface area contributed by atoms with Gasteiger partial charge in [-0.15, -0.1) is 0 Å². The number of amides is 1. The van der Waals surface area contributed by atoms with Gasteiger partial charge in [-0.3, -0.25) is 4.79 Å². The number of hydrogen-bond donors (Lipinski definition) is 2. The lowest BCUT2D eigenvalue weighted by atomic mass is 10.1. The summed E-state index contributed by atoms with van der Waals surface area (Å²) >= 11 is 0. The van der Waals surface area contributed by atoms with Crippen LogP contribution >= 0.6 is 0 Å². The van der Waals surface area contributed by atoms with E-state index in [-0.39, 0.29) is 11.9 Å². The molecule has 2 rings (SSSR count). The number of nitrogens with zero attached hydrogens (tertiary/aromatic N) is 1. The number of quaternary nitrogens is 1. The Balaban J connectivity index is 1.89. The Bertz CT molecular complexity index is 678. The molecule has 1 fully saturated rings. The highest BCUT2D eigenvalue weighted by molar-refractivity contribution is 7.89. The molecule has 0 radical (unpaired) electrons. The van der Waals surface area contributed by atoms with E-state index in [0.29, 0.717) is 43.5 Å². The van der Waals surface area contributed by atoms with Crippen molar-refractivity contribution in [2.24, 2.45) is 5.92 Å². The molecular formula is C18H30N3O3S+. The summed E-state index contributed by atoms with van der Waals surface area (Å²) < 4.78 is 26.9. The van der Waals surface area contributed by atoms with Crippen LogP contribution in [0.15, 0.2) is 29.2 Å². The summed E-state index contributed by atoms with van der Waals surface area (Å²) in [6, 6.07) is 7.09. The molecule has 140 valence electrons. The number of benzene rings is 1. The van der Waals surface area contributed by atoms with Gasteiger partial charge in [-0.05, 0) is 31.9 Å². The number of carbonyl (C=O) groups excluding carboxylic acids is 1. The van der Waals surface area contributed by atoms with E-state index in [1.54, 1.807) is 12.1 Å². The van der Waals surface area contributed by atoms with E-state index in [9.17, 15) is 13.2 Å². The molecule has 1 heterocycles. The van der Waals surface area contributed by atoms with Gasteiger partial charge >= 0.3 is 0 Å². The fourth-order valence-corrected chi connectivity index (χ4v) is 4.22. The zero-order valence-electron chi connectivity index (χ0n) is 15.6. The highest BCUT2D eigenvalue weighted by atomic mass is 32.2. The van der Waals surface area contributed by atoms with Gasteiger partial charge < -0.3 is 10.2 Å². The van der Waals surface area contributed by atoms with Crippen molar-refractivity contribution in [1.29, 1.82) is 0 Å². The lowest BCUT2D eigenvalue weighted by Crippen LogP contribution is -3.15. The molecule has 1 aromatic rings. The lowest BCUT2D eigenvalue weighted by molar-refractivity contribution is -0.895. The summed E-state index contributed by atoms with van der Waals surface area (Å²) in [5.41, 5.74) is 1.04. The summed E-state index contributed by atoms with van der Waals surface area (Å²) in [5, 5.41) is 3.01. The van der Waals surface area contributed by atoms with Crippen LogP contribution in [0.2, 0.25) is 0 Å². The van der Waals surface area contributed by atoms with Gasteiger partial charge in [0.2, 0.25) is 10.0 Å². The topological polar surface area (TPSA) is 70.9 Å². The molecule has 1 atom stereocenters. The second-order valence-electron chi connectivity index (χ2n) is 7.24. The quantitative estimate of drug-likeness (QED) is 0.745. The van der Waals surface area contributed by atoms with Gasteiger partial charge in [0.15, 0.2) is 6.54 Å². The van der Waals surface area contributed by atoms with Crippen molar-refractivity contribution >= 4 is 15.9 Å². The first-order valence-corrected chi connectivity index (χ1v) is 10.3. The molecule has 0 bridgehead atoms. The smallest absolute Gasteiger partial charge is 0.275 e. The maximum absolute atomic E-state index is 12.7. The van der Waals surface area contributed by atoms with Crippen molar-refractivity contribution in [3.63, 3.8) is 0 Å². The minimum absolute atomic E-state index is 0.0334. The van der Waals surface area contributed by atoms with Gasteiger partial charge in [-0.2, -0.15) is 4.31 Å². The van der Waals surface area contributed by atoms with Gasteiger partial charge in [0, 0.05) is 6.04 Å². The largest absolute Gasteiger partial charge is 0.348 e. The van der Waals surface area contributed by atoms with Crippen molar-refractivity contribution in [3.05, 3.63) is 29.8 Å². The molecule has 6 nitrogen and oxygen atoms in total. The van der Waals surface area contributed by atoms with Gasteiger partial charge in [-0.1, -0.05) is 31.5 Å². The summed E-state index contributed by atoms with van der Waals surface area (Å²) in [4.78, 5) is 13.6. The molecule has 1 aliphatic rings. The molecule has 1 amide bonds. The first-order chi connectivity index (χ1) is 11.7. The van der Waals surface area contributed by atoms with Crippen molar-refractivity contribution in [3.8, 4) is 0 Å². The minimum atomic E-state index is -3.44. The molecular weight excluding hydrogens is 338 g/mol. The monoisotopic (exact) mass is 368 g/mol. The van der Waals surface area contributed by atoms with Crippen LogP contribution in [0.4, 0.5) is 0 Å². The Morgan fingerprint density at radius 3 is 2.24 bits per heavy atom. The van der Waals surface area contributed by atoms with Crippen LogP contribution in [0, 0.1) is 12.8 Å². The van der Waals surface area contributed by atoms with E-state index in [4.69, 9.17) is 0 Å². The number of aryl methyl sites for hydroxylation is 1. The highest BCUT2D eigenvalue weighted by Crippen LogP contribution is 2.16. The van der Waals surface area contributed by atoms with Crippen molar-refractivity contribution in [2.75, 3.05) is 32.7 Å². The molecule has 0 aliphatic carbocycles. The number of rotatable bonds is 6. The number of hydrogen-bond acceptors (Lipinski definition) is 3. The zero-order valence-corrected chi connectivity index (χ0v) is 16.4. The molecule has 0 unspecified atom stereocenters. The fraction of sp³-hybridized carbons (Fsp3) is 0.611. The van der Waals surface area contributed by atoms with Crippen LogP contribution < -0.4 is 10.2 Å². The molecule has 0 saturated carbocycles. The Morgan fingerprint density at radius 2 is 1.72 bits per heavy atom. The normalized spacial score (nSPS) is 18.3. The van der Waals surface area contributed by atoms with Gasteiger partial charge in [0.05, 0.1) is 31.1 Å². The average molecular weight is 369 g/mol. The standard InChI is InChI=1S/C18H29N3O3S/c1-14(2)16(4)19-18(22)13-20-9-11-21(12-10-20)25(23,24)17-7-5-15(3)6-8-17/h5-8,14,16H,9-13H2,1-4H3,(H,19,22)/p+1/t16-/m1/s1. The molecule has 7 heteroatoms. The third-order valence-corrected chi connectivity index (χ3v) is 6.80. The van der Waals surface area contributed by atoms with Gasteiger partial charge in [0.1, 0.15) is 0 Å². The first kappa shape index (κ1) is 19.9. The first-order valence-electron chi connectivity index (χ1n) is 8.90. The zero-order chi connectivity index (χ0) is 18.6. The third kappa shape index (κ3) is 5.26. The van der Waals surface area contributed by atoms with E-state index in [2.05, 4.69) is 19.2 Å². The Hall–Kier alpha value is -1.44. The maximum atomic E-state index is 12.7. The van der Waals surface area contributed by atoms with E-state index >= 15 is 0 Å². The van der Waals surface area contributed by atoms with Crippen LogP contribution in [-0.4, -0.2) is 57.4 Å². The molecule has 1 aliphatic heterocycles. The van der Waals surface area contributed by atoms with Crippen molar-refractivity contribution < 1.29 is 18.1 Å². The molecule has 1 aromatic carbocycles. The van der Waals surface area contributed by atoms with Crippen molar-refractivity contribution in [1.82, 2.24) is 9.62 Å². The molecule has 0 aromatic heterocycles. The van der Waals surface area contributed by atoms with Crippen LogP contribution in [-0.2, 0) is 14.8 Å². The molecule has 2 N–H and O–H groups in total. The highest BCUT2D eigenvalue weighted by Gasteiger charge is 2.31.